The number of hydrogen-bond acceptors (Lipinski definition) is 5. The van der Waals surface area contributed by atoms with Crippen LogP contribution < -0.4 is 4.90 Å². The molecule has 1 amide bonds. The number of carbonyl (C=O) groups is 1. The van der Waals surface area contributed by atoms with Crippen LogP contribution in [0.2, 0.25) is 0 Å². The van der Waals surface area contributed by atoms with Crippen molar-refractivity contribution in [3.8, 4) is 0 Å². The number of rotatable bonds is 6. The first-order valence-electron chi connectivity index (χ1n) is 9.15. The average molecular weight is 354 g/mol. The number of aryl methyl sites for hydroxylation is 2. The molecule has 26 heavy (non-hydrogen) atoms. The van der Waals surface area contributed by atoms with E-state index < -0.39 is 0 Å². The smallest absolute Gasteiger partial charge is 0.227 e. The van der Waals surface area contributed by atoms with E-state index in [1.54, 1.807) is 0 Å². The van der Waals surface area contributed by atoms with Gasteiger partial charge in [-0.25, -0.2) is 0 Å². The lowest BCUT2D eigenvalue weighted by Crippen LogP contribution is -2.31. The molecule has 0 atom stereocenters. The van der Waals surface area contributed by atoms with Crippen LogP contribution in [-0.2, 0) is 11.2 Å². The molecule has 6 nitrogen and oxygen atoms in total. The van der Waals surface area contributed by atoms with Crippen molar-refractivity contribution in [1.82, 2.24) is 15.0 Å². The van der Waals surface area contributed by atoms with Crippen molar-refractivity contribution in [2.75, 3.05) is 31.6 Å². The maximum Gasteiger partial charge on any atom is 0.227 e. The molecule has 0 fully saturated rings. The van der Waals surface area contributed by atoms with Crippen LogP contribution >= 0.6 is 0 Å². The summed E-state index contributed by atoms with van der Waals surface area (Å²) < 4.78 is 5.35. The monoisotopic (exact) mass is 354 g/mol. The van der Waals surface area contributed by atoms with Crippen LogP contribution in [0.15, 0.2) is 34.9 Å². The molecule has 1 aliphatic rings. The Kier molecular flexibility index (Phi) is 5.83. The van der Waals surface area contributed by atoms with Gasteiger partial charge < -0.3 is 14.3 Å². The van der Waals surface area contributed by atoms with Crippen molar-refractivity contribution in [2.24, 2.45) is 0 Å². The topological polar surface area (TPSA) is 62.5 Å². The van der Waals surface area contributed by atoms with Crippen molar-refractivity contribution in [3.63, 3.8) is 0 Å². The molecule has 2 heterocycles. The van der Waals surface area contributed by atoms with Crippen LogP contribution in [0, 0.1) is 6.92 Å². The summed E-state index contributed by atoms with van der Waals surface area (Å²) in [5.74, 6) is 1.25. The van der Waals surface area contributed by atoms with Gasteiger partial charge in [0.25, 0.3) is 0 Å². The number of hydrogen-bond donors (Lipinski definition) is 0. The average Bonchev–Trinajstić information content (AvgIpc) is 3.12. The molecule has 0 unspecified atom stereocenters. The van der Waals surface area contributed by atoms with E-state index in [9.17, 15) is 4.79 Å². The van der Waals surface area contributed by atoms with Crippen molar-refractivity contribution in [3.05, 3.63) is 47.6 Å². The molecule has 0 radical (unpaired) electrons. The molecule has 0 aliphatic carbocycles. The van der Waals surface area contributed by atoms with Gasteiger partial charge in [0.1, 0.15) is 0 Å². The van der Waals surface area contributed by atoms with Crippen molar-refractivity contribution < 1.29 is 9.32 Å². The minimum absolute atomic E-state index is 0.0695. The zero-order valence-electron chi connectivity index (χ0n) is 15.7. The standard InChI is InChI=1S/C20H26N4O2/c1-4-24(17-8-6-5-7-15(17)2)19(25)10-9-18-21-20(22-26-18)16-11-13-23(3)14-12-16/h5-8,11H,4,9-10,12-14H2,1-3H3. The molecule has 0 saturated heterocycles. The van der Waals surface area contributed by atoms with E-state index in [0.717, 1.165) is 36.3 Å². The molecule has 138 valence electrons. The van der Waals surface area contributed by atoms with Gasteiger partial charge in [0.05, 0.1) is 0 Å². The van der Waals surface area contributed by atoms with Gasteiger partial charge in [-0.1, -0.05) is 29.4 Å². The molecule has 0 N–H and O–H groups in total. The summed E-state index contributed by atoms with van der Waals surface area (Å²) in [6, 6.07) is 7.94. The SMILES string of the molecule is CCN(C(=O)CCc1nc(C2=CCN(C)CC2)no1)c1ccccc1C. The first-order valence-corrected chi connectivity index (χ1v) is 9.15. The molecule has 1 aromatic carbocycles. The Morgan fingerprint density at radius 1 is 1.35 bits per heavy atom. The highest BCUT2D eigenvalue weighted by atomic mass is 16.5. The quantitative estimate of drug-likeness (QED) is 0.798. The van der Waals surface area contributed by atoms with Crippen LogP contribution in [0.1, 0.15) is 37.0 Å². The Morgan fingerprint density at radius 3 is 2.85 bits per heavy atom. The van der Waals surface area contributed by atoms with Crippen LogP contribution in [0.4, 0.5) is 5.69 Å². The summed E-state index contributed by atoms with van der Waals surface area (Å²) >= 11 is 0. The van der Waals surface area contributed by atoms with Gasteiger partial charge in [-0.2, -0.15) is 4.98 Å². The number of aromatic nitrogens is 2. The molecule has 3 rings (SSSR count). The van der Waals surface area contributed by atoms with Gasteiger partial charge in [0.15, 0.2) is 5.82 Å². The number of para-hydroxylation sites is 1. The van der Waals surface area contributed by atoms with Gasteiger partial charge in [-0.3, -0.25) is 4.79 Å². The van der Waals surface area contributed by atoms with E-state index in [0.29, 0.717) is 31.1 Å². The lowest BCUT2D eigenvalue weighted by Gasteiger charge is -2.22. The van der Waals surface area contributed by atoms with E-state index in [1.165, 1.54) is 0 Å². The minimum Gasteiger partial charge on any atom is -0.339 e. The summed E-state index contributed by atoms with van der Waals surface area (Å²) in [6.07, 6.45) is 3.87. The summed E-state index contributed by atoms with van der Waals surface area (Å²) in [7, 11) is 2.09. The maximum atomic E-state index is 12.7. The summed E-state index contributed by atoms with van der Waals surface area (Å²) in [4.78, 5) is 21.2. The number of nitrogens with zero attached hydrogens (tertiary/aromatic N) is 4. The van der Waals surface area contributed by atoms with Crippen molar-refractivity contribution >= 4 is 17.2 Å². The van der Waals surface area contributed by atoms with Gasteiger partial charge >= 0.3 is 0 Å². The Morgan fingerprint density at radius 2 is 2.15 bits per heavy atom. The zero-order valence-corrected chi connectivity index (χ0v) is 15.7. The first kappa shape index (κ1) is 18.3. The zero-order chi connectivity index (χ0) is 18.5. The number of benzene rings is 1. The third-order valence-electron chi connectivity index (χ3n) is 4.74. The van der Waals surface area contributed by atoms with Gasteiger partial charge in [-0.15, -0.1) is 0 Å². The lowest BCUT2D eigenvalue weighted by molar-refractivity contribution is -0.118. The second-order valence-electron chi connectivity index (χ2n) is 6.68. The molecule has 0 bridgehead atoms. The fraction of sp³-hybridized carbons (Fsp3) is 0.450. The molecule has 1 aromatic heterocycles. The highest BCUT2D eigenvalue weighted by Crippen LogP contribution is 2.21. The Hall–Kier alpha value is -2.47. The molecule has 2 aromatic rings. The van der Waals surface area contributed by atoms with E-state index in [1.807, 2.05) is 43.0 Å². The summed E-state index contributed by atoms with van der Waals surface area (Å²) in [5, 5.41) is 4.08. The van der Waals surface area contributed by atoms with Crippen LogP contribution in [0.3, 0.4) is 0 Å². The van der Waals surface area contributed by atoms with Crippen molar-refractivity contribution in [1.29, 1.82) is 0 Å². The number of amides is 1. The largest absolute Gasteiger partial charge is 0.339 e. The van der Waals surface area contributed by atoms with Gasteiger partial charge in [0.2, 0.25) is 11.8 Å². The van der Waals surface area contributed by atoms with Crippen molar-refractivity contribution in [2.45, 2.75) is 33.1 Å². The molecule has 1 aliphatic heterocycles. The molecule has 6 heteroatoms. The van der Waals surface area contributed by atoms with E-state index in [2.05, 4.69) is 28.2 Å². The Balaban J connectivity index is 1.62. The van der Waals surface area contributed by atoms with Crippen LogP contribution in [0.25, 0.3) is 5.57 Å². The highest BCUT2D eigenvalue weighted by molar-refractivity contribution is 5.94. The lowest BCUT2D eigenvalue weighted by atomic mass is 10.1. The molecular formula is C20H26N4O2. The van der Waals surface area contributed by atoms with Crippen LogP contribution in [0.5, 0.6) is 0 Å². The predicted octanol–water partition coefficient (Wildman–Crippen LogP) is 3.08. The molecular weight excluding hydrogens is 328 g/mol. The Labute approximate surface area is 154 Å². The fourth-order valence-electron chi connectivity index (χ4n) is 3.16. The Bertz CT molecular complexity index is 797. The van der Waals surface area contributed by atoms with Gasteiger partial charge in [0, 0.05) is 38.2 Å². The fourth-order valence-corrected chi connectivity index (χ4v) is 3.16. The number of anilines is 1. The van der Waals surface area contributed by atoms with E-state index in [4.69, 9.17) is 4.52 Å². The first-order chi connectivity index (χ1) is 12.6. The maximum absolute atomic E-state index is 12.7. The highest BCUT2D eigenvalue weighted by Gasteiger charge is 2.19. The number of carbonyl (C=O) groups excluding carboxylic acids is 1. The number of likely N-dealkylation sites (N-methyl/N-ethyl adjacent to an activating group) is 1. The minimum atomic E-state index is 0.0695. The molecule has 0 spiro atoms. The summed E-state index contributed by atoms with van der Waals surface area (Å²) in [5.41, 5.74) is 3.18. The normalized spacial score (nSPS) is 15.0. The third-order valence-corrected chi connectivity index (χ3v) is 4.74. The van der Waals surface area contributed by atoms with E-state index >= 15 is 0 Å². The second-order valence-corrected chi connectivity index (χ2v) is 6.68. The molecule has 0 saturated carbocycles. The summed E-state index contributed by atoms with van der Waals surface area (Å²) in [6.45, 7) is 6.54. The van der Waals surface area contributed by atoms with Gasteiger partial charge in [-0.05, 0) is 44.5 Å². The second kappa shape index (κ2) is 8.27. The van der Waals surface area contributed by atoms with Crippen LogP contribution in [-0.4, -0.2) is 47.6 Å². The van der Waals surface area contributed by atoms with E-state index in [-0.39, 0.29) is 5.91 Å². The predicted molar refractivity (Wildman–Crippen MR) is 102 cm³/mol. The third kappa shape index (κ3) is 4.19.